The van der Waals surface area contributed by atoms with Gasteiger partial charge in [0, 0.05) is 6.42 Å². The first-order chi connectivity index (χ1) is 12.5. The number of hydrogen-bond acceptors (Lipinski definition) is 4. The van der Waals surface area contributed by atoms with Crippen LogP contribution >= 0.6 is 0 Å². The fourth-order valence-electron chi connectivity index (χ4n) is 2.63. The zero-order valence-electron chi connectivity index (χ0n) is 13.6. The van der Waals surface area contributed by atoms with Crippen molar-refractivity contribution >= 4 is 17.3 Å². The van der Waals surface area contributed by atoms with Crippen LogP contribution in [0.5, 0.6) is 0 Å². The van der Waals surface area contributed by atoms with E-state index in [4.69, 9.17) is 15.9 Å². The van der Waals surface area contributed by atoms with Gasteiger partial charge in [0.15, 0.2) is 0 Å². The third-order valence-corrected chi connectivity index (χ3v) is 3.76. The maximum absolute atomic E-state index is 13.7. The van der Waals surface area contributed by atoms with E-state index in [9.17, 15) is 13.6 Å². The van der Waals surface area contributed by atoms with E-state index in [1.54, 1.807) is 6.07 Å². The molecule has 0 saturated heterocycles. The van der Waals surface area contributed by atoms with Crippen molar-refractivity contribution in [3.05, 3.63) is 82.0 Å². The van der Waals surface area contributed by atoms with Gasteiger partial charge in [0.25, 0.3) is 0 Å². The van der Waals surface area contributed by atoms with Crippen molar-refractivity contribution in [1.29, 1.82) is 0 Å². The average molecular weight is 355 g/mol. The van der Waals surface area contributed by atoms with E-state index in [0.29, 0.717) is 5.56 Å². The molecule has 0 spiro atoms. The van der Waals surface area contributed by atoms with Gasteiger partial charge in [0.05, 0.1) is 17.3 Å². The Hall–Kier alpha value is -3.48. The Labute approximate surface area is 147 Å². The van der Waals surface area contributed by atoms with Gasteiger partial charge in [-0.25, -0.2) is 13.8 Å². The van der Waals surface area contributed by atoms with E-state index in [-0.39, 0.29) is 34.5 Å². The molecular formula is C19H15F2N3O2. The molecule has 0 atom stereocenters. The van der Waals surface area contributed by atoms with Crippen molar-refractivity contribution in [3.8, 4) is 11.1 Å². The summed E-state index contributed by atoms with van der Waals surface area (Å²) in [5, 5.41) is 0.0740. The van der Waals surface area contributed by atoms with E-state index in [2.05, 4.69) is 4.99 Å². The Morgan fingerprint density at radius 1 is 1.15 bits per heavy atom. The molecule has 1 heterocycles. The molecule has 0 radical (unpaired) electrons. The molecule has 0 bridgehead atoms. The van der Waals surface area contributed by atoms with Crippen LogP contribution in [0.2, 0.25) is 0 Å². The second-order valence-corrected chi connectivity index (χ2v) is 5.49. The first-order valence-electron chi connectivity index (χ1n) is 7.70. The third-order valence-electron chi connectivity index (χ3n) is 3.76. The first kappa shape index (κ1) is 17.3. The zero-order valence-corrected chi connectivity index (χ0v) is 13.6. The molecule has 26 heavy (non-hydrogen) atoms. The second kappa shape index (κ2) is 7.18. The van der Waals surface area contributed by atoms with E-state index in [1.165, 1.54) is 36.4 Å². The number of nitrogens with two attached hydrogens (primary N) is 2. The van der Waals surface area contributed by atoms with Crippen molar-refractivity contribution < 1.29 is 13.2 Å². The molecule has 132 valence electrons. The SMILES string of the molecule is NC=N/C(N)=C/Cc1oc2ccc(F)cc2c(=O)c1-c1cccc(F)c1. The number of aliphatic imine (C=N–C) groups is 1. The van der Waals surface area contributed by atoms with E-state index >= 15 is 0 Å². The van der Waals surface area contributed by atoms with Gasteiger partial charge >= 0.3 is 0 Å². The Kier molecular flexibility index (Phi) is 4.79. The van der Waals surface area contributed by atoms with Gasteiger partial charge in [-0.1, -0.05) is 12.1 Å². The van der Waals surface area contributed by atoms with Gasteiger partial charge < -0.3 is 15.9 Å². The zero-order chi connectivity index (χ0) is 18.7. The van der Waals surface area contributed by atoms with Crippen LogP contribution in [0.4, 0.5) is 8.78 Å². The van der Waals surface area contributed by atoms with Crippen molar-refractivity contribution in [2.45, 2.75) is 6.42 Å². The van der Waals surface area contributed by atoms with Gasteiger partial charge in [0.1, 0.15) is 28.8 Å². The number of rotatable bonds is 4. The topological polar surface area (TPSA) is 94.6 Å². The van der Waals surface area contributed by atoms with Crippen molar-refractivity contribution in [1.82, 2.24) is 0 Å². The van der Waals surface area contributed by atoms with E-state index in [0.717, 1.165) is 12.4 Å². The van der Waals surface area contributed by atoms with Crippen LogP contribution < -0.4 is 16.9 Å². The second-order valence-electron chi connectivity index (χ2n) is 5.49. The molecule has 1 aromatic heterocycles. The molecular weight excluding hydrogens is 340 g/mol. The van der Waals surface area contributed by atoms with Gasteiger partial charge in [-0.15, -0.1) is 0 Å². The summed E-state index contributed by atoms with van der Waals surface area (Å²) in [6.45, 7) is 0. The van der Waals surface area contributed by atoms with Crippen LogP contribution in [0.25, 0.3) is 22.1 Å². The summed E-state index contributed by atoms with van der Waals surface area (Å²) in [6.07, 6.45) is 2.68. The van der Waals surface area contributed by atoms with Crippen molar-refractivity contribution in [2.75, 3.05) is 0 Å². The number of hydrogen-bond donors (Lipinski definition) is 2. The number of fused-ring (bicyclic) bond motifs is 1. The summed E-state index contributed by atoms with van der Waals surface area (Å²) in [5.74, 6) is -0.673. The summed E-state index contributed by atoms with van der Waals surface area (Å²) in [4.78, 5) is 16.6. The standard InChI is InChI=1S/C19H15F2N3O2/c20-12-3-1-2-11(8-12)18-16(6-7-17(23)24-10-22)26-15-5-4-13(21)9-14(15)19(18)25/h1-5,7-10H,6,23H2,(H2,22,24)/b17-7+. The lowest BCUT2D eigenvalue weighted by Gasteiger charge is -2.09. The molecule has 0 fully saturated rings. The highest BCUT2D eigenvalue weighted by atomic mass is 19.1. The molecule has 7 heteroatoms. The summed E-state index contributed by atoms with van der Waals surface area (Å²) in [6, 6.07) is 9.19. The molecule has 4 N–H and O–H groups in total. The lowest BCUT2D eigenvalue weighted by Crippen LogP contribution is -2.10. The molecule has 3 aromatic rings. The highest BCUT2D eigenvalue weighted by molar-refractivity contribution is 5.83. The minimum atomic E-state index is -0.566. The predicted molar refractivity (Wildman–Crippen MR) is 96.5 cm³/mol. The highest BCUT2D eigenvalue weighted by Crippen LogP contribution is 2.26. The molecule has 0 saturated carbocycles. The van der Waals surface area contributed by atoms with Crippen LogP contribution in [-0.4, -0.2) is 6.34 Å². The highest BCUT2D eigenvalue weighted by Gasteiger charge is 2.16. The molecule has 0 aliphatic heterocycles. The first-order valence-corrected chi connectivity index (χ1v) is 7.70. The Bertz CT molecular complexity index is 1090. The molecule has 0 amide bonds. The monoisotopic (exact) mass is 355 g/mol. The normalized spacial score (nSPS) is 12.2. The minimum Gasteiger partial charge on any atom is -0.460 e. The molecule has 0 aliphatic carbocycles. The van der Waals surface area contributed by atoms with Crippen LogP contribution in [0.1, 0.15) is 5.76 Å². The van der Waals surface area contributed by atoms with Crippen LogP contribution in [0.15, 0.2) is 68.6 Å². The fraction of sp³-hybridized carbons (Fsp3) is 0.0526. The largest absolute Gasteiger partial charge is 0.460 e. The lowest BCUT2D eigenvalue weighted by atomic mass is 10.0. The number of allylic oxidation sites excluding steroid dienone is 1. The number of benzene rings is 2. The summed E-state index contributed by atoms with van der Waals surface area (Å²) < 4.78 is 33.0. The van der Waals surface area contributed by atoms with Crippen LogP contribution in [-0.2, 0) is 6.42 Å². The molecule has 2 aromatic carbocycles. The summed E-state index contributed by atoms with van der Waals surface area (Å²) >= 11 is 0. The lowest BCUT2D eigenvalue weighted by molar-refractivity contribution is 0.551. The van der Waals surface area contributed by atoms with Crippen molar-refractivity contribution in [3.63, 3.8) is 0 Å². The third kappa shape index (κ3) is 3.46. The van der Waals surface area contributed by atoms with Gasteiger partial charge in [-0.3, -0.25) is 4.79 Å². The minimum absolute atomic E-state index is 0.0740. The van der Waals surface area contributed by atoms with Gasteiger partial charge in [0.2, 0.25) is 5.43 Å². The number of nitrogens with zero attached hydrogens (tertiary/aromatic N) is 1. The maximum Gasteiger partial charge on any atom is 0.200 e. The van der Waals surface area contributed by atoms with Crippen LogP contribution in [0, 0.1) is 11.6 Å². The Balaban J connectivity index is 2.27. The Morgan fingerprint density at radius 2 is 1.92 bits per heavy atom. The van der Waals surface area contributed by atoms with Crippen LogP contribution in [0.3, 0.4) is 0 Å². The summed E-state index contributed by atoms with van der Waals surface area (Å²) in [7, 11) is 0. The molecule has 3 rings (SSSR count). The van der Waals surface area contributed by atoms with E-state index < -0.39 is 17.1 Å². The number of halogens is 2. The molecule has 5 nitrogen and oxygen atoms in total. The fourth-order valence-corrected chi connectivity index (χ4v) is 2.63. The predicted octanol–water partition coefficient (Wildman–Crippen LogP) is 3.07. The van der Waals surface area contributed by atoms with Crippen molar-refractivity contribution in [2.24, 2.45) is 16.5 Å². The quantitative estimate of drug-likeness (QED) is 0.555. The van der Waals surface area contributed by atoms with E-state index in [1.807, 2.05) is 0 Å². The van der Waals surface area contributed by atoms with Gasteiger partial charge in [-0.2, -0.15) is 0 Å². The molecule has 0 unspecified atom stereocenters. The Morgan fingerprint density at radius 3 is 2.65 bits per heavy atom. The van der Waals surface area contributed by atoms with Gasteiger partial charge in [-0.05, 0) is 42.0 Å². The summed E-state index contributed by atoms with van der Waals surface area (Å²) in [5.41, 5.74) is 11.1. The average Bonchev–Trinajstić information content (AvgIpc) is 2.61. The molecule has 0 aliphatic rings. The maximum atomic E-state index is 13.7. The smallest absolute Gasteiger partial charge is 0.200 e.